The molecule has 2 heterocycles. The summed E-state index contributed by atoms with van der Waals surface area (Å²) < 4.78 is 38.4. The summed E-state index contributed by atoms with van der Waals surface area (Å²) in [4.78, 5) is 17.5. The van der Waals surface area contributed by atoms with E-state index in [4.69, 9.17) is 9.47 Å². The second kappa shape index (κ2) is 9.89. The van der Waals surface area contributed by atoms with Crippen molar-refractivity contribution < 1.29 is 22.7 Å². The van der Waals surface area contributed by atoms with Crippen LogP contribution in [0.4, 0.5) is 5.69 Å². The molecule has 0 radical (unpaired) electrons. The average molecular weight is 460 g/mol. The monoisotopic (exact) mass is 459 g/mol. The lowest BCUT2D eigenvalue weighted by Crippen LogP contribution is -2.42. The maximum atomic E-state index is 13.4. The summed E-state index contributed by atoms with van der Waals surface area (Å²) in [5, 5.41) is 0. The SMILES string of the molecule is COc1ccc(N2CCCN(C(=O)c3ccccc3S(=O)(=O)N3CCOCC3)CC2)cc1. The summed E-state index contributed by atoms with van der Waals surface area (Å²) in [5.74, 6) is 0.562. The highest BCUT2D eigenvalue weighted by molar-refractivity contribution is 7.89. The number of methoxy groups -OCH3 is 1. The molecule has 0 aliphatic carbocycles. The molecule has 2 aromatic carbocycles. The van der Waals surface area contributed by atoms with Gasteiger partial charge in [-0.3, -0.25) is 4.79 Å². The van der Waals surface area contributed by atoms with E-state index in [1.807, 2.05) is 24.3 Å². The van der Waals surface area contributed by atoms with Gasteiger partial charge in [-0.15, -0.1) is 0 Å². The fourth-order valence-corrected chi connectivity index (χ4v) is 5.73. The Labute approximate surface area is 189 Å². The number of hydrogen-bond donors (Lipinski definition) is 0. The van der Waals surface area contributed by atoms with Gasteiger partial charge < -0.3 is 19.3 Å². The van der Waals surface area contributed by atoms with Crippen molar-refractivity contribution in [2.45, 2.75) is 11.3 Å². The molecule has 0 unspecified atom stereocenters. The first-order valence-electron chi connectivity index (χ1n) is 10.9. The quantitative estimate of drug-likeness (QED) is 0.681. The van der Waals surface area contributed by atoms with E-state index in [1.165, 1.54) is 10.4 Å². The van der Waals surface area contributed by atoms with Crippen molar-refractivity contribution in [2.75, 3.05) is 64.5 Å². The highest BCUT2D eigenvalue weighted by atomic mass is 32.2. The molecule has 0 aromatic heterocycles. The molecule has 2 aliphatic rings. The Bertz CT molecular complexity index is 1040. The van der Waals surface area contributed by atoms with Gasteiger partial charge in [0.05, 0.1) is 30.8 Å². The number of morpholine rings is 1. The molecular formula is C23H29N3O5S. The summed E-state index contributed by atoms with van der Waals surface area (Å²) in [5.41, 5.74) is 1.31. The third kappa shape index (κ3) is 4.74. The van der Waals surface area contributed by atoms with E-state index >= 15 is 0 Å². The van der Waals surface area contributed by atoms with Crippen molar-refractivity contribution in [1.82, 2.24) is 9.21 Å². The minimum absolute atomic E-state index is 0.0724. The molecule has 0 saturated carbocycles. The van der Waals surface area contributed by atoms with Crippen LogP contribution in [0.15, 0.2) is 53.4 Å². The summed E-state index contributed by atoms with van der Waals surface area (Å²) in [6, 6.07) is 14.4. The Morgan fingerprint density at radius 3 is 2.34 bits per heavy atom. The van der Waals surface area contributed by atoms with Crippen molar-refractivity contribution in [1.29, 1.82) is 0 Å². The van der Waals surface area contributed by atoms with Gasteiger partial charge in [0, 0.05) is 45.0 Å². The number of carbonyl (C=O) groups excluding carboxylic acids is 1. The Balaban J connectivity index is 1.51. The van der Waals surface area contributed by atoms with Crippen molar-refractivity contribution in [3.8, 4) is 5.75 Å². The summed E-state index contributed by atoms with van der Waals surface area (Å²) in [6.07, 6.45) is 0.802. The first kappa shape index (κ1) is 22.6. The molecular weight excluding hydrogens is 430 g/mol. The number of hydrogen-bond acceptors (Lipinski definition) is 6. The maximum Gasteiger partial charge on any atom is 0.255 e. The fourth-order valence-electron chi connectivity index (χ4n) is 4.14. The Hall–Kier alpha value is -2.62. The molecule has 32 heavy (non-hydrogen) atoms. The van der Waals surface area contributed by atoms with Gasteiger partial charge in [0.2, 0.25) is 10.0 Å². The van der Waals surface area contributed by atoms with Gasteiger partial charge in [-0.1, -0.05) is 12.1 Å². The van der Waals surface area contributed by atoms with Crippen LogP contribution in [-0.2, 0) is 14.8 Å². The lowest BCUT2D eigenvalue weighted by atomic mass is 10.2. The predicted octanol–water partition coefficient (Wildman–Crippen LogP) is 2.07. The zero-order valence-electron chi connectivity index (χ0n) is 18.3. The van der Waals surface area contributed by atoms with Crippen molar-refractivity contribution in [2.24, 2.45) is 0 Å². The first-order valence-corrected chi connectivity index (χ1v) is 12.3. The van der Waals surface area contributed by atoms with E-state index in [-0.39, 0.29) is 16.4 Å². The molecule has 1 amide bonds. The third-order valence-electron chi connectivity index (χ3n) is 5.93. The van der Waals surface area contributed by atoms with Crippen LogP contribution in [0.2, 0.25) is 0 Å². The second-order valence-electron chi connectivity index (χ2n) is 7.84. The molecule has 0 N–H and O–H groups in total. The van der Waals surface area contributed by atoms with Gasteiger partial charge in [-0.25, -0.2) is 8.42 Å². The van der Waals surface area contributed by atoms with Crippen LogP contribution >= 0.6 is 0 Å². The molecule has 172 valence electrons. The van der Waals surface area contributed by atoms with Crippen LogP contribution in [0.25, 0.3) is 0 Å². The highest BCUT2D eigenvalue weighted by Gasteiger charge is 2.31. The number of amides is 1. The number of sulfonamides is 1. The zero-order chi connectivity index (χ0) is 22.6. The van der Waals surface area contributed by atoms with Gasteiger partial charge in [-0.2, -0.15) is 4.31 Å². The minimum atomic E-state index is -3.76. The first-order chi connectivity index (χ1) is 15.5. The van der Waals surface area contributed by atoms with E-state index in [9.17, 15) is 13.2 Å². The largest absolute Gasteiger partial charge is 0.497 e. The molecule has 2 saturated heterocycles. The molecule has 2 aliphatic heterocycles. The highest BCUT2D eigenvalue weighted by Crippen LogP contribution is 2.24. The van der Waals surface area contributed by atoms with Crippen LogP contribution in [-0.4, -0.2) is 83.1 Å². The third-order valence-corrected chi connectivity index (χ3v) is 7.88. The lowest BCUT2D eigenvalue weighted by molar-refractivity contribution is 0.0726. The predicted molar refractivity (Wildman–Crippen MR) is 122 cm³/mol. The Kier molecular flexibility index (Phi) is 6.98. The molecule has 0 spiro atoms. The number of ether oxygens (including phenoxy) is 2. The van der Waals surface area contributed by atoms with Crippen LogP contribution in [0.1, 0.15) is 16.8 Å². The number of benzene rings is 2. The van der Waals surface area contributed by atoms with Crippen molar-refractivity contribution in [3.63, 3.8) is 0 Å². The van der Waals surface area contributed by atoms with Crippen LogP contribution in [0, 0.1) is 0 Å². The van der Waals surface area contributed by atoms with E-state index in [1.54, 1.807) is 30.2 Å². The zero-order valence-corrected chi connectivity index (χ0v) is 19.1. The van der Waals surface area contributed by atoms with E-state index in [2.05, 4.69) is 4.90 Å². The minimum Gasteiger partial charge on any atom is -0.497 e. The summed E-state index contributed by atoms with van der Waals surface area (Å²) in [6.45, 7) is 3.93. The molecule has 0 atom stereocenters. The molecule has 0 bridgehead atoms. The van der Waals surface area contributed by atoms with Crippen molar-refractivity contribution >= 4 is 21.6 Å². The van der Waals surface area contributed by atoms with Gasteiger partial charge >= 0.3 is 0 Å². The normalized spacial score (nSPS) is 18.3. The van der Waals surface area contributed by atoms with E-state index in [0.717, 1.165) is 24.4 Å². The molecule has 2 fully saturated rings. The Morgan fingerprint density at radius 2 is 1.62 bits per heavy atom. The van der Waals surface area contributed by atoms with Crippen LogP contribution in [0.5, 0.6) is 5.75 Å². The van der Waals surface area contributed by atoms with Crippen molar-refractivity contribution in [3.05, 3.63) is 54.1 Å². The molecule has 9 heteroatoms. The average Bonchev–Trinajstić information content (AvgIpc) is 3.10. The molecule has 2 aromatic rings. The topological polar surface area (TPSA) is 79.4 Å². The Morgan fingerprint density at radius 1 is 0.906 bits per heavy atom. The van der Waals surface area contributed by atoms with E-state index in [0.29, 0.717) is 45.9 Å². The van der Waals surface area contributed by atoms with Crippen LogP contribution in [0.3, 0.4) is 0 Å². The summed E-state index contributed by atoms with van der Waals surface area (Å²) >= 11 is 0. The fraction of sp³-hybridized carbons (Fsp3) is 0.435. The number of nitrogens with zero attached hydrogens (tertiary/aromatic N) is 3. The summed E-state index contributed by atoms with van der Waals surface area (Å²) in [7, 11) is -2.12. The van der Waals surface area contributed by atoms with Gasteiger partial charge in [0.25, 0.3) is 5.91 Å². The standard InChI is InChI=1S/C23H29N3O5S/c1-30-20-9-7-19(8-10-20)24-11-4-12-25(14-13-24)23(27)21-5-2-3-6-22(21)32(28,29)26-15-17-31-18-16-26/h2-3,5-10H,4,11-18H2,1H3. The van der Waals surface area contributed by atoms with Gasteiger partial charge in [-0.05, 0) is 42.8 Å². The molecule has 8 nitrogen and oxygen atoms in total. The van der Waals surface area contributed by atoms with E-state index < -0.39 is 10.0 Å². The number of anilines is 1. The van der Waals surface area contributed by atoms with Crippen LogP contribution < -0.4 is 9.64 Å². The number of carbonyl (C=O) groups is 1. The molecule has 4 rings (SSSR count). The van der Waals surface area contributed by atoms with Gasteiger partial charge in [0.15, 0.2) is 0 Å². The van der Waals surface area contributed by atoms with Gasteiger partial charge in [0.1, 0.15) is 5.75 Å². The second-order valence-corrected chi connectivity index (χ2v) is 9.75. The number of rotatable bonds is 5. The smallest absolute Gasteiger partial charge is 0.255 e. The maximum absolute atomic E-state index is 13.4. The lowest BCUT2D eigenvalue weighted by Gasteiger charge is -2.28.